The Labute approximate surface area is 126 Å². The highest BCUT2D eigenvalue weighted by atomic mass is 32.1. The molecule has 3 rings (SSSR count). The number of nitrogens with one attached hydrogen (secondary N) is 1. The molecule has 0 aliphatic heterocycles. The van der Waals surface area contributed by atoms with Crippen molar-refractivity contribution in [3.63, 3.8) is 0 Å². The second kappa shape index (κ2) is 5.65. The topological polar surface area (TPSA) is 59.8 Å². The van der Waals surface area contributed by atoms with E-state index in [2.05, 4.69) is 29.2 Å². The molecule has 1 N–H and O–H groups in total. The van der Waals surface area contributed by atoms with Crippen LogP contribution in [0.1, 0.15) is 24.3 Å². The third kappa shape index (κ3) is 2.80. The maximum atomic E-state index is 12.4. The summed E-state index contributed by atoms with van der Waals surface area (Å²) in [6.45, 7) is 5.04. The third-order valence-electron chi connectivity index (χ3n) is 3.06. The Balaban J connectivity index is 1.99. The summed E-state index contributed by atoms with van der Waals surface area (Å²) >= 11 is 1.39. The average molecular weight is 300 g/mol. The SMILES string of the molecule is CC(C)Cn1nc(C(=O)Nc2nccs2)c2ccccc21. The van der Waals surface area contributed by atoms with E-state index in [1.807, 2.05) is 34.3 Å². The molecule has 0 radical (unpaired) electrons. The number of benzene rings is 1. The van der Waals surface area contributed by atoms with Crippen molar-refractivity contribution in [1.29, 1.82) is 0 Å². The van der Waals surface area contributed by atoms with Crippen LogP contribution in [0.4, 0.5) is 5.13 Å². The first-order valence-electron chi connectivity index (χ1n) is 6.81. The fourth-order valence-electron chi connectivity index (χ4n) is 2.22. The van der Waals surface area contributed by atoms with Crippen molar-refractivity contribution in [3.05, 3.63) is 41.5 Å². The number of amides is 1. The molecule has 108 valence electrons. The fourth-order valence-corrected chi connectivity index (χ4v) is 2.75. The van der Waals surface area contributed by atoms with Gasteiger partial charge < -0.3 is 0 Å². The van der Waals surface area contributed by atoms with Gasteiger partial charge in [0.15, 0.2) is 10.8 Å². The van der Waals surface area contributed by atoms with E-state index < -0.39 is 0 Å². The van der Waals surface area contributed by atoms with Gasteiger partial charge in [-0.3, -0.25) is 14.8 Å². The first kappa shape index (κ1) is 13.8. The Morgan fingerprint density at radius 1 is 1.38 bits per heavy atom. The molecule has 21 heavy (non-hydrogen) atoms. The molecule has 3 aromatic rings. The van der Waals surface area contributed by atoms with Crippen molar-refractivity contribution in [1.82, 2.24) is 14.8 Å². The van der Waals surface area contributed by atoms with Crippen LogP contribution < -0.4 is 5.32 Å². The van der Waals surface area contributed by atoms with Gasteiger partial charge in [0, 0.05) is 23.5 Å². The number of hydrogen-bond acceptors (Lipinski definition) is 4. The minimum absolute atomic E-state index is 0.219. The van der Waals surface area contributed by atoms with Gasteiger partial charge in [-0.15, -0.1) is 11.3 Å². The van der Waals surface area contributed by atoms with Crippen LogP contribution in [0.15, 0.2) is 35.8 Å². The van der Waals surface area contributed by atoms with Gasteiger partial charge in [-0.05, 0) is 12.0 Å². The second-order valence-corrected chi connectivity index (χ2v) is 6.13. The van der Waals surface area contributed by atoms with Crippen LogP contribution in [0.3, 0.4) is 0 Å². The number of fused-ring (bicyclic) bond motifs is 1. The molecule has 2 aromatic heterocycles. The van der Waals surface area contributed by atoms with Crippen LogP contribution in [0.5, 0.6) is 0 Å². The van der Waals surface area contributed by atoms with E-state index in [-0.39, 0.29) is 5.91 Å². The van der Waals surface area contributed by atoms with Crippen LogP contribution in [-0.2, 0) is 6.54 Å². The molecule has 0 aliphatic rings. The number of aromatic nitrogens is 3. The number of nitrogens with zero attached hydrogens (tertiary/aromatic N) is 3. The van der Waals surface area contributed by atoms with E-state index in [1.165, 1.54) is 11.3 Å². The third-order valence-corrected chi connectivity index (χ3v) is 3.75. The van der Waals surface area contributed by atoms with E-state index in [0.29, 0.717) is 16.7 Å². The van der Waals surface area contributed by atoms with Crippen LogP contribution >= 0.6 is 11.3 Å². The Morgan fingerprint density at radius 3 is 2.90 bits per heavy atom. The number of hydrogen-bond donors (Lipinski definition) is 1. The summed E-state index contributed by atoms with van der Waals surface area (Å²) in [7, 11) is 0. The number of carbonyl (C=O) groups excluding carboxylic acids is 1. The minimum atomic E-state index is -0.219. The van der Waals surface area contributed by atoms with Crippen LogP contribution in [0.25, 0.3) is 10.9 Å². The summed E-state index contributed by atoms with van der Waals surface area (Å²) in [6, 6.07) is 7.80. The molecule has 1 aromatic carbocycles. The predicted octanol–water partition coefficient (Wildman–Crippen LogP) is 3.40. The molecule has 0 atom stereocenters. The highest BCUT2D eigenvalue weighted by Crippen LogP contribution is 2.21. The van der Waals surface area contributed by atoms with Gasteiger partial charge in [0.2, 0.25) is 0 Å². The standard InChI is InChI=1S/C15H16N4OS/c1-10(2)9-19-12-6-4-3-5-11(12)13(18-19)14(20)17-15-16-7-8-21-15/h3-8,10H,9H2,1-2H3,(H,16,17,20). The number of thiazole rings is 1. The van der Waals surface area contributed by atoms with Crippen molar-refractivity contribution in [2.24, 2.45) is 5.92 Å². The molecular formula is C15H16N4OS. The smallest absolute Gasteiger partial charge is 0.278 e. The Hall–Kier alpha value is -2.21. The van der Waals surface area contributed by atoms with Crippen LogP contribution in [0, 0.1) is 5.92 Å². The molecule has 5 nitrogen and oxygen atoms in total. The van der Waals surface area contributed by atoms with Crippen molar-refractivity contribution >= 4 is 33.3 Å². The molecular weight excluding hydrogens is 284 g/mol. The summed E-state index contributed by atoms with van der Waals surface area (Å²) in [5, 5.41) is 10.6. The molecule has 6 heteroatoms. The monoisotopic (exact) mass is 300 g/mol. The highest BCUT2D eigenvalue weighted by molar-refractivity contribution is 7.13. The van der Waals surface area contributed by atoms with Gasteiger partial charge >= 0.3 is 0 Å². The number of anilines is 1. The maximum Gasteiger partial charge on any atom is 0.278 e. The Morgan fingerprint density at radius 2 is 2.19 bits per heavy atom. The lowest BCUT2D eigenvalue weighted by molar-refractivity contribution is 0.102. The first-order valence-corrected chi connectivity index (χ1v) is 7.69. The average Bonchev–Trinajstić information content (AvgIpc) is 3.07. The summed E-state index contributed by atoms with van der Waals surface area (Å²) < 4.78 is 1.90. The van der Waals surface area contributed by atoms with Crippen molar-refractivity contribution in [3.8, 4) is 0 Å². The zero-order valence-electron chi connectivity index (χ0n) is 11.9. The van der Waals surface area contributed by atoms with Gasteiger partial charge in [-0.1, -0.05) is 32.0 Å². The van der Waals surface area contributed by atoms with E-state index >= 15 is 0 Å². The van der Waals surface area contributed by atoms with E-state index in [4.69, 9.17) is 0 Å². The maximum absolute atomic E-state index is 12.4. The molecule has 1 amide bonds. The zero-order valence-corrected chi connectivity index (χ0v) is 12.7. The summed E-state index contributed by atoms with van der Waals surface area (Å²) in [6.07, 6.45) is 1.66. The van der Waals surface area contributed by atoms with Gasteiger partial charge in [0.1, 0.15) is 0 Å². The zero-order chi connectivity index (χ0) is 14.8. The number of para-hydroxylation sites is 1. The minimum Gasteiger partial charge on any atom is -0.296 e. The quantitative estimate of drug-likeness (QED) is 0.803. The predicted molar refractivity (Wildman–Crippen MR) is 84.6 cm³/mol. The largest absolute Gasteiger partial charge is 0.296 e. The molecule has 0 bridgehead atoms. The van der Waals surface area contributed by atoms with E-state index in [0.717, 1.165) is 17.4 Å². The van der Waals surface area contributed by atoms with Crippen molar-refractivity contribution < 1.29 is 4.79 Å². The molecule has 0 saturated carbocycles. The normalized spacial score (nSPS) is 11.2. The molecule has 2 heterocycles. The lowest BCUT2D eigenvalue weighted by Gasteiger charge is -2.05. The molecule has 0 saturated heterocycles. The lowest BCUT2D eigenvalue weighted by atomic mass is 10.2. The summed E-state index contributed by atoms with van der Waals surface area (Å²) in [5.41, 5.74) is 1.43. The van der Waals surface area contributed by atoms with E-state index in [9.17, 15) is 4.79 Å². The number of rotatable bonds is 4. The van der Waals surface area contributed by atoms with Gasteiger partial charge in [0.25, 0.3) is 5.91 Å². The van der Waals surface area contributed by atoms with Gasteiger partial charge in [-0.2, -0.15) is 5.10 Å². The molecule has 0 aliphatic carbocycles. The number of carbonyl (C=O) groups is 1. The van der Waals surface area contributed by atoms with Crippen molar-refractivity contribution in [2.75, 3.05) is 5.32 Å². The van der Waals surface area contributed by atoms with E-state index in [1.54, 1.807) is 6.20 Å². The van der Waals surface area contributed by atoms with Gasteiger partial charge in [0.05, 0.1) is 5.52 Å². The van der Waals surface area contributed by atoms with Crippen LogP contribution in [0.2, 0.25) is 0 Å². The van der Waals surface area contributed by atoms with Crippen molar-refractivity contribution in [2.45, 2.75) is 20.4 Å². The molecule has 0 fully saturated rings. The molecule has 0 unspecified atom stereocenters. The molecule has 0 spiro atoms. The van der Waals surface area contributed by atoms with Gasteiger partial charge in [-0.25, -0.2) is 4.98 Å². The Kier molecular flexibility index (Phi) is 3.70. The lowest BCUT2D eigenvalue weighted by Crippen LogP contribution is -2.14. The second-order valence-electron chi connectivity index (χ2n) is 5.23. The Bertz CT molecular complexity index is 761. The highest BCUT2D eigenvalue weighted by Gasteiger charge is 2.18. The fraction of sp³-hybridized carbons (Fsp3) is 0.267. The van der Waals surface area contributed by atoms with Crippen LogP contribution in [-0.4, -0.2) is 20.7 Å². The summed E-state index contributed by atoms with van der Waals surface area (Å²) in [4.78, 5) is 16.5. The first-order chi connectivity index (χ1) is 10.1. The summed E-state index contributed by atoms with van der Waals surface area (Å²) in [5.74, 6) is 0.242.